The number of benzene rings is 2. The summed E-state index contributed by atoms with van der Waals surface area (Å²) in [5.41, 5.74) is 1.21. The number of thioether (sulfide) groups is 1. The highest BCUT2D eigenvalue weighted by molar-refractivity contribution is 7.99. The van der Waals surface area contributed by atoms with Gasteiger partial charge in [-0.05, 0) is 48.0 Å². The van der Waals surface area contributed by atoms with Crippen LogP contribution in [-0.2, 0) is 4.79 Å². The molecule has 3 rings (SSSR count). The van der Waals surface area contributed by atoms with Crippen LogP contribution in [0.3, 0.4) is 0 Å². The maximum absolute atomic E-state index is 12.3. The largest absolute Gasteiger partial charge is 0.489 e. The Labute approximate surface area is 164 Å². The van der Waals surface area contributed by atoms with E-state index in [-0.39, 0.29) is 5.91 Å². The Morgan fingerprint density at radius 1 is 1.19 bits per heavy atom. The zero-order valence-electron chi connectivity index (χ0n) is 14.1. The van der Waals surface area contributed by atoms with Gasteiger partial charge >= 0.3 is 0 Å². The summed E-state index contributed by atoms with van der Waals surface area (Å²) in [4.78, 5) is 12.5. The number of ether oxygens (including phenoxy) is 2. The van der Waals surface area contributed by atoms with E-state index in [1.807, 2.05) is 0 Å². The number of nitrogens with one attached hydrogen (secondary N) is 1. The third-order valence-electron chi connectivity index (χ3n) is 3.60. The monoisotopic (exact) mass is 411 g/mol. The van der Waals surface area contributed by atoms with Crippen molar-refractivity contribution in [3.05, 3.63) is 53.1 Å². The third kappa shape index (κ3) is 5.61. The number of halogens is 3. The topological polar surface area (TPSA) is 47.6 Å². The van der Waals surface area contributed by atoms with Gasteiger partial charge in [0.25, 0.3) is 5.76 Å². The van der Waals surface area contributed by atoms with Crippen LogP contribution in [-0.4, -0.2) is 24.9 Å². The number of amides is 1. The molecule has 0 unspecified atom stereocenters. The predicted molar refractivity (Wildman–Crippen MR) is 103 cm³/mol. The van der Waals surface area contributed by atoms with E-state index in [0.29, 0.717) is 57.6 Å². The molecule has 2 aromatic carbocycles. The van der Waals surface area contributed by atoms with E-state index in [4.69, 9.17) is 21.1 Å². The predicted octanol–water partition coefficient (Wildman–Crippen LogP) is 5.47. The highest BCUT2D eigenvalue weighted by Gasteiger charge is 2.15. The molecule has 1 aliphatic heterocycles. The molecule has 0 spiro atoms. The SMILES string of the molecule is O=C(C=Cc1cc(Cl)c2c(c1)OCCCO2)Nc1ccc(SC(F)F)cc1. The van der Waals surface area contributed by atoms with Crippen LogP contribution in [0.25, 0.3) is 6.08 Å². The van der Waals surface area contributed by atoms with Crippen LogP contribution in [0, 0.1) is 0 Å². The Morgan fingerprint density at radius 3 is 2.67 bits per heavy atom. The molecule has 0 aromatic heterocycles. The van der Waals surface area contributed by atoms with Crippen LogP contribution in [0.2, 0.25) is 5.02 Å². The molecule has 142 valence electrons. The average Bonchev–Trinajstić information content (AvgIpc) is 2.87. The number of fused-ring (bicyclic) bond motifs is 1. The summed E-state index contributed by atoms with van der Waals surface area (Å²) in [5, 5.41) is 3.09. The summed E-state index contributed by atoms with van der Waals surface area (Å²) in [6.07, 6.45) is 3.74. The lowest BCUT2D eigenvalue weighted by Gasteiger charge is -2.10. The fourth-order valence-electron chi connectivity index (χ4n) is 2.42. The van der Waals surface area contributed by atoms with Crippen LogP contribution < -0.4 is 14.8 Å². The Morgan fingerprint density at radius 2 is 1.93 bits per heavy atom. The van der Waals surface area contributed by atoms with Crippen molar-refractivity contribution in [2.45, 2.75) is 17.1 Å². The summed E-state index contributed by atoms with van der Waals surface area (Å²) < 4.78 is 35.8. The van der Waals surface area contributed by atoms with E-state index in [9.17, 15) is 13.6 Å². The molecule has 2 aromatic rings. The van der Waals surface area contributed by atoms with Crippen LogP contribution in [0.15, 0.2) is 47.4 Å². The third-order valence-corrected chi connectivity index (χ3v) is 4.60. The standard InChI is InChI=1S/C19H16ClF2NO3S/c20-15-10-12(11-16-18(15)26-9-1-8-25-16)2-7-17(24)23-13-3-5-14(6-4-13)27-19(21)22/h2-7,10-11,19H,1,8-9H2,(H,23,24). The maximum Gasteiger partial charge on any atom is 0.288 e. The number of anilines is 1. The first-order valence-corrected chi connectivity index (χ1v) is 9.40. The molecular weight excluding hydrogens is 396 g/mol. The molecular formula is C19H16ClF2NO3S. The molecule has 4 nitrogen and oxygen atoms in total. The van der Waals surface area contributed by atoms with Gasteiger partial charge in [-0.1, -0.05) is 23.4 Å². The quantitative estimate of drug-likeness (QED) is 0.523. The van der Waals surface area contributed by atoms with Crippen molar-refractivity contribution in [1.82, 2.24) is 0 Å². The molecule has 0 aliphatic carbocycles. The van der Waals surface area contributed by atoms with E-state index < -0.39 is 5.76 Å². The zero-order chi connectivity index (χ0) is 19.2. The van der Waals surface area contributed by atoms with Gasteiger partial charge in [0.05, 0.1) is 18.2 Å². The number of rotatable bonds is 5. The number of alkyl halides is 2. The minimum absolute atomic E-state index is 0.354. The smallest absolute Gasteiger partial charge is 0.288 e. The lowest BCUT2D eigenvalue weighted by Crippen LogP contribution is -2.07. The molecule has 1 heterocycles. The van der Waals surface area contributed by atoms with Crippen LogP contribution in [0.4, 0.5) is 14.5 Å². The van der Waals surface area contributed by atoms with Crippen molar-refractivity contribution in [3.8, 4) is 11.5 Å². The van der Waals surface area contributed by atoms with Gasteiger partial charge in [-0.25, -0.2) is 0 Å². The van der Waals surface area contributed by atoms with E-state index in [2.05, 4.69) is 5.32 Å². The maximum atomic E-state index is 12.3. The number of hydrogen-bond acceptors (Lipinski definition) is 4. The van der Waals surface area contributed by atoms with E-state index in [1.165, 1.54) is 18.2 Å². The van der Waals surface area contributed by atoms with Crippen LogP contribution in [0.1, 0.15) is 12.0 Å². The normalized spacial score (nSPS) is 13.6. The second-order valence-corrected chi connectivity index (χ2v) is 7.08. The lowest BCUT2D eigenvalue weighted by molar-refractivity contribution is -0.111. The average molecular weight is 412 g/mol. The number of carbonyl (C=O) groups excluding carboxylic acids is 1. The minimum atomic E-state index is -2.48. The van der Waals surface area contributed by atoms with Crippen LogP contribution >= 0.6 is 23.4 Å². The molecule has 8 heteroatoms. The highest BCUT2D eigenvalue weighted by Crippen LogP contribution is 2.38. The Hall–Kier alpha value is -2.25. The first kappa shape index (κ1) is 19.5. The van der Waals surface area contributed by atoms with Gasteiger partial charge in [0.1, 0.15) is 0 Å². The first-order valence-electron chi connectivity index (χ1n) is 8.14. The fraction of sp³-hybridized carbons (Fsp3) is 0.211. The Kier molecular flexibility index (Phi) is 6.58. The van der Waals surface area contributed by atoms with E-state index in [0.717, 1.165) is 6.42 Å². The van der Waals surface area contributed by atoms with Crippen molar-refractivity contribution in [3.63, 3.8) is 0 Å². The van der Waals surface area contributed by atoms with Gasteiger partial charge in [0, 0.05) is 23.1 Å². The first-order chi connectivity index (χ1) is 13.0. The van der Waals surface area contributed by atoms with Gasteiger partial charge in [-0.3, -0.25) is 4.79 Å². The van der Waals surface area contributed by atoms with Crippen molar-refractivity contribution < 1.29 is 23.0 Å². The van der Waals surface area contributed by atoms with Gasteiger partial charge < -0.3 is 14.8 Å². The Balaban J connectivity index is 1.64. The second-order valence-electron chi connectivity index (χ2n) is 5.61. The summed E-state index contributed by atoms with van der Waals surface area (Å²) in [7, 11) is 0. The molecule has 0 saturated carbocycles. The summed E-state index contributed by atoms with van der Waals surface area (Å²) >= 11 is 6.67. The van der Waals surface area contributed by atoms with Crippen molar-refractivity contribution in [2.75, 3.05) is 18.5 Å². The minimum Gasteiger partial charge on any atom is -0.489 e. The second kappa shape index (κ2) is 9.10. The van der Waals surface area contributed by atoms with E-state index in [1.54, 1.807) is 30.3 Å². The summed E-state index contributed by atoms with van der Waals surface area (Å²) in [6.45, 7) is 1.08. The molecule has 0 radical (unpaired) electrons. The molecule has 27 heavy (non-hydrogen) atoms. The lowest BCUT2D eigenvalue weighted by atomic mass is 10.2. The molecule has 1 aliphatic rings. The highest BCUT2D eigenvalue weighted by atomic mass is 35.5. The molecule has 1 amide bonds. The fourth-order valence-corrected chi connectivity index (χ4v) is 3.20. The molecule has 0 bridgehead atoms. The van der Waals surface area contributed by atoms with Gasteiger partial charge in [0.15, 0.2) is 11.5 Å². The molecule has 0 fully saturated rings. The van der Waals surface area contributed by atoms with Crippen molar-refractivity contribution in [2.24, 2.45) is 0 Å². The van der Waals surface area contributed by atoms with E-state index >= 15 is 0 Å². The van der Waals surface area contributed by atoms with Crippen LogP contribution in [0.5, 0.6) is 11.5 Å². The zero-order valence-corrected chi connectivity index (χ0v) is 15.7. The molecule has 1 N–H and O–H groups in total. The number of hydrogen-bond donors (Lipinski definition) is 1. The van der Waals surface area contributed by atoms with Crippen molar-refractivity contribution in [1.29, 1.82) is 0 Å². The summed E-state index contributed by atoms with van der Waals surface area (Å²) in [6, 6.07) is 9.64. The summed E-state index contributed by atoms with van der Waals surface area (Å²) in [5.74, 6) is -1.77. The van der Waals surface area contributed by atoms with Gasteiger partial charge in [-0.15, -0.1) is 0 Å². The molecule has 0 atom stereocenters. The Bertz CT molecular complexity index is 844. The van der Waals surface area contributed by atoms with Gasteiger partial charge in [0.2, 0.25) is 5.91 Å². The van der Waals surface area contributed by atoms with Gasteiger partial charge in [-0.2, -0.15) is 8.78 Å². The number of carbonyl (C=O) groups is 1. The molecule has 0 saturated heterocycles. The van der Waals surface area contributed by atoms with Crippen molar-refractivity contribution >= 4 is 41.0 Å².